The zero-order chi connectivity index (χ0) is 13.4. The molecular weight excluding hydrogens is 224 g/mol. The molecule has 0 radical (unpaired) electrons. The molecule has 0 saturated carbocycles. The first-order valence-electron chi connectivity index (χ1n) is 6.45. The fraction of sp³-hybridized carbons (Fsp3) is 0.533. The molecule has 1 aromatic carbocycles. The summed E-state index contributed by atoms with van der Waals surface area (Å²) in [4.78, 5) is 0. The van der Waals surface area contributed by atoms with Gasteiger partial charge in [0.15, 0.2) is 0 Å². The minimum Gasteiger partial charge on any atom is -0.494 e. The van der Waals surface area contributed by atoms with E-state index in [2.05, 4.69) is 30.4 Å². The van der Waals surface area contributed by atoms with Gasteiger partial charge in [-0.15, -0.1) is 0 Å². The van der Waals surface area contributed by atoms with Crippen LogP contribution in [0.5, 0.6) is 5.75 Å². The van der Waals surface area contributed by atoms with Crippen molar-refractivity contribution in [2.24, 2.45) is 0 Å². The number of ether oxygens (including phenoxy) is 1. The number of rotatable bonds is 7. The van der Waals surface area contributed by atoms with Crippen molar-refractivity contribution in [1.29, 1.82) is 5.26 Å². The molecule has 18 heavy (non-hydrogen) atoms. The van der Waals surface area contributed by atoms with Gasteiger partial charge in [-0.3, -0.25) is 0 Å². The van der Waals surface area contributed by atoms with E-state index in [1.165, 1.54) is 5.56 Å². The molecule has 0 amide bonds. The van der Waals surface area contributed by atoms with E-state index in [9.17, 15) is 0 Å². The van der Waals surface area contributed by atoms with Crippen LogP contribution in [0.15, 0.2) is 24.3 Å². The highest BCUT2D eigenvalue weighted by Gasteiger charge is 2.19. The molecule has 1 unspecified atom stereocenters. The first-order valence-corrected chi connectivity index (χ1v) is 6.45. The van der Waals surface area contributed by atoms with Gasteiger partial charge in [0.25, 0.3) is 0 Å². The number of nitrogens with one attached hydrogen (secondary N) is 1. The molecule has 1 atom stereocenters. The van der Waals surface area contributed by atoms with Crippen molar-refractivity contribution in [3.8, 4) is 11.8 Å². The highest BCUT2D eigenvalue weighted by atomic mass is 16.5. The number of benzene rings is 1. The number of hydrogen-bond donors (Lipinski definition) is 1. The predicted molar refractivity (Wildman–Crippen MR) is 73.6 cm³/mol. The topological polar surface area (TPSA) is 45.0 Å². The minimum atomic E-state index is -0.450. The molecule has 0 aliphatic carbocycles. The van der Waals surface area contributed by atoms with Crippen LogP contribution in [0.25, 0.3) is 0 Å². The number of nitrogens with zero attached hydrogens (tertiary/aromatic N) is 1. The number of nitriles is 1. The Kier molecular flexibility index (Phi) is 5.67. The van der Waals surface area contributed by atoms with Crippen molar-refractivity contribution in [3.63, 3.8) is 0 Å². The maximum Gasteiger partial charge on any atom is 0.119 e. The molecule has 1 rings (SSSR count). The third kappa shape index (κ3) is 4.38. The smallest absolute Gasteiger partial charge is 0.119 e. The summed E-state index contributed by atoms with van der Waals surface area (Å²) >= 11 is 0. The first kappa shape index (κ1) is 14.5. The van der Waals surface area contributed by atoms with Gasteiger partial charge in [0.05, 0.1) is 12.7 Å². The zero-order valence-corrected chi connectivity index (χ0v) is 11.5. The van der Waals surface area contributed by atoms with Crippen LogP contribution in [0.4, 0.5) is 0 Å². The Morgan fingerprint density at radius 3 is 2.83 bits per heavy atom. The molecular formula is C15H22N2O. The summed E-state index contributed by atoms with van der Waals surface area (Å²) in [5.74, 6) is 0.914. The van der Waals surface area contributed by atoms with Crippen molar-refractivity contribution in [2.45, 2.75) is 38.6 Å². The Bertz CT molecular complexity index is 411. The maximum absolute atomic E-state index is 9.02. The Morgan fingerprint density at radius 1 is 1.44 bits per heavy atom. The van der Waals surface area contributed by atoms with Gasteiger partial charge in [0, 0.05) is 0 Å². The molecule has 0 fully saturated rings. The van der Waals surface area contributed by atoms with Gasteiger partial charge in [0.2, 0.25) is 0 Å². The van der Waals surface area contributed by atoms with Gasteiger partial charge >= 0.3 is 0 Å². The fourth-order valence-electron chi connectivity index (χ4n) is 1.71. The molecule has 0 aromatic heterocycles. The van der Waals surface area contributed by atoms with Crippen molar-refractivity contribution < 1.29 is 4.74 Å². The molecule has 3 heteroatoms. The molecule has 3 nitrogen and oxygen atoms in total. The predicted octanol–water partition coefficient (Wildman–Crippen LogP) is 2.91. The second kappa shape index (κ2) is 7.03. The highest BCUT2D eigenvalue weighted by Crippen LogP contribution is 2.15. The summed E-state index contributed by atoms with van der Waals surface area (Å²) in [5.41, 5.74) is 0.832. The van der Waals surface area contributed by atoms with Gasteiger partial charge in [-0.25, -0.2) is 0 Å². The lowest BCUT2D eigenvalue weighted by molar-refractivity contribution is 0.288. The van der Waals surface area contributed by atoms with Gasteiger partial charge in [-0.1, -0.05) is 19.1 Å². The normalized spacial score (nSPS) is 13.7. The molecule has 1 aromatic rings. The van der Waals surface area contributed by atoms with E-state index >= 15 is 0 Å². The molecule has 0 aliphatic rings. The Balaban J connectivity index is 2.36. The Morgan fingerprint density at radius 2 is 2.22 bits per heavy atom. The van der Waals surface area contributed by atoms with Gasteiger partial charge in [-0.2, -0.15) is 5.26 Å². The molecule has 98 valence electrons. The third-order valence-corrected chi connectivity index (χ3v) is 3.20. The van der Waals surface area contributed by atoms with Gasteiger partial charge in [-0.05, 0) is 50.9 Å². The zero-order valence-electron chi connectivity index (χ0n) is 11.5. The van der Waals surface area contributed by atoms with Crippen LogP contribution in [0.2, 0.25) is 0 Å². The highest BCUT2D eigenvalue weighted by molar-refractivity contribution is 5.28. The van der Waals surface area contributed by atoms with E-state index < -0.39 is 5.54 Å². The molecule has 1 N–H and O–H groups in total. The Hall–Kier alpha value is -1.53. The minimum absolute atomic E-state index is 0.450. The average Bonchev–Trinajstić information content (AvgIpc) is 2.43. The lowest BCUT2D eigenvalue weighted by Crippen LogP contribution is -2.38. The fourth-order valence-corrected chi connectivity index (χ4v) is 1.71. The largest absolute Gasteiger partial charge is 0.494 e. The summed E-state index contributed by atoms with van der Waals surface area (Å²) in [5, 5.41) is 12.0. The third-order valence-electron chi connectivity index (χ3n) is 3.20. The quantitative estimate of drug-likeness (QED) is 0.752. The van der Waals surface area contributed by atoms with Crippen LogP contribution in [-0.2, 0) is 6.42 Å². The summed E-state index contributed by atoms with van der Waals surface area (Å²) in [6.45, 7) is 4.68. The van der Waals surface area contributed by atoms with E-state index in [-0.39, 0.29) is 0 Å². The summed E-state index contributed by atoms with van der Waals surface area (Å²) in [7, 11) is 1.81. The van der Waals surface area contributed by atoms with Gasteiger partial charge < -0.3 is 10.1 Å². The molecule has 0 heterocycles. The van der Waals surface area contributed by atoms with Crippen molar-refractivity contribution in [1.82, 2.24) is 5.32 Å². The SMILES string of the molecule is CCc1cccc(OCCCC(C)(C#N)NC)c1. The van der Waals surface area contributed by atoms with Crippen LogP contribution < -0.4 is 10.1 Å². The van der Waals surface area contributed by atoms with E-state index in [1.807, 2.05) is 26.1 Å². The molecule has 0 spiro atoms. The van der Waals surface area contributed by atoms with Gasteiger partial charge in [0.1, 0.15) is 11.3 Å². The summed E-state index contributed by atoms with van der Waals surface area (Å²) in [6, 6.07) is 10.4. The van der Waals surface area contributed by atoms with Crippen molar-refractivity contribution in [3.05, 3.63) is 29.8 Å². The van der Waals surface area contributed by atoms with Crippen LogP contribution in [0.3, 0.4) is 0 Å². The lowest BCUT2D eigenvalue weighted by atomic mass is 9.98. The summed E-state index contributed by atoms with van der Waals surface area (Å²) in [6.07, 6.45) is 2.66. The lowest BCUT2D eigenvalue weighted by Gasteiger charge is -2.20. The van der Waals surface area contributed by atoms with Crippen LogP contribution >= 0.6 is 0 Å². The van der Waals surface area contributed by atoms with E-state index in [0.717, 1.165) is 25.0 Å². The second-order valence-electron chi connectivity index (χ2n) is 4.65. The Labute approximate surface area is 110 Å². The molecule has 0 aliphatic heterocycles. The average molecular weight is 246 g/mol. The number of hydrogen-bond acceptors (Lipinski definition) is 3. The van der Waals surface area contributed by atoms with E-state index in [4.69, 9.17) is 10.00 Å². The second-order valence-corrected chi connectivity index (χ2v) is 4.65. The summed E-state index contributed by atoms with van der Waals surface area (Å²) < 4.78 is 5.70. The van der Waals surface area contributed by atoms with E-state index in [0.29, 0.717) is 6.61 Å². The monoisotopic (exact) mass is 246 g/mol. The van der Waals surface area contributed by atoms with Crippen molar-refractivity contribution >= 4 is 0 Å². The van der Waals surface area contributed by atoms with E-state index in [1.54, 1.807) is 0 Å². The van der Waals surface area contributed by atoms with Crippen LogP contribution in [0, 0.1) is 11.3 Å². The molecule has 0 bridgehead atoms. The maximum atomic E-state index is 9.02. The standard InChI is InChI=1S/C15H22N2O/c1-4-13-7-5-8-14(11-13)18-10-6-9-15(2,12-16)17-3/h5,7-8,11,17H,4,6,9-10H2,1-3H3. The van der Waals surface area contributed by atoms with Crippen LogP contribution in [-0.4, -0.2) is 19.2 Å². The molecule has 0 saturated heterocycles. The van der Waals surface area contributed by atoms with Crippen molar-refractivity contribution in [2.75, 3.05) is 13.7 Å². The first-order chi connectivity index (χ1) is 8.63. The number of aryl methyl sites for hydroxylation is 1. The van der Waals surface area contributed by atoms with Crippen LogP contribution in [0.1, 0.15) is 32.3 Å².